The molecule has 0 spiro atoms. The highest BCUT2D eigenvalue weighted by molar-refractivity contribution is 6.35. The number of benzene rings is 2. The zero-order valence-corrected chi connectivity index (χ0v) is 15.7. The van der Waals surface area contributed by atoms with Crippen LogP contribution in [0.5, 0.6) is 0 Å². The second kappa shape index (κ2) is 8.83. The van der Waals surface area contributed by atoms with Crippen LogP contribution in [0.25, 0.3) is 0 Å². The summed E-state index contributed by atoms with van der Waals surface area (Å²) in [5.41, 5.74) is 1.61. The molecule has 2 aromatic carbocycles. The summed E-state index contributed by atoms with van der Waals surface area (Å²) in [7, 11) is 0. The molecule has 0 aliphatic rings. The second-order valence-corrected chi connectivity index (χ2v) is 6.51. The fourth-order valence-electron chi connectivity index (χ4n) is 2.15. The number of nitrogens with one attached hydrogen (secondary N) is 1. The van der Waals surface area contributed by atoms with Gasteiger partial charge in [-0.1, -0.05) is 29.3 Å². The van der Waals surface area contributed by atoms with Crippen LogP contribution >= 0.6 is 23.2 Å². The summed E-state index contributed by atoms with van der Waals surface area (Å²) >= 11 is 11.8. The number of halogens is 2. The molecule has 0 heterocycles. The van der Waals surface area contributed by atoms with Gasteiger partial charge in [0.25, 0.3) is 5.91 Å². The lowest BCUT2D eigenvalue weighted by Crippen LogP contribution is -2.30. The first-order valence-corrected chi connectivity index (χ1v) is 8.57. The van der Waals surface area contributed by atoms with E-state index in [-0.39, 0.29) is 12.2 Å². The maximum Gasteiger partial charge on any atom is 0.311 e. The molecule has 1 N–H and O–H groups in total. The van der Waals surface area contributed by atoms with Gasteiger partial charge in [0.1, 0.15) is 0 Å². The summed E-state index contributed by atoms with van der Waals surface area (Å²) in [5, 5.41) is 3.45. The molecule has 2 aromatic rings. The standard InChI is InChI=1S/C19H17Cl2NO4/c1-11(23)13-4-7-16(8-5-13)22-19(25)12(2)26-18(24)9-14-3-6-15(20)10-17(14)21/h3-8,10,12H,9H2,1-2H3,(H,22,25)/t12-/m1/s1. The largest absolute Gasteiger partial charge is 0.452 e. The van der Waals surface area contributed by atoms with Crippen molar-refractivity contribution in [1.82, 2.24) is 0 Å². The van der Waals surface area contributed by atoms with Gasteiger partial charge in [-0.2, -0.15) is 0 Å². The fourth-order valence-corrected chi connectivity index (χ4v) is 2.62. The van der Waals surface area contributed by atoms with Gasteiger partial charge < -0.3 is 10.1 Å². The van der Waals surface area contributed by atoms with Gasteiger partial charge in [0.05, 0.1) is 6.42 Å². The van der Waals surface area contributed by atoms with E-state index in [0.29, 0.717) is 26.9 Å². The van der Waals surface area contributed by atoms with Crippen molar-refractivity contribution in [2.75, 3.05) is 5.32 Å². The predicted molar refractivity (Wildman–Crippen MR) is 101 cm³/mol. The van der Waals surface area contributed by atoms with E-state index in [1.807, 2.05) is 0 Å². The summed E-state index contributed by atoms with van der Waals surface area (Å²) in [6.07, 6.45) is -1.05. The molecule has 2 rings (SSSR count). The smallest absolute Gasteiger partial charge is 0.311 e. The van der Waals surface area contributed by atoms with E-state index in [1.54, 1.807) is 36.4 Å². The normalized spacial score (nSPS) is 11.5. The number of hydrogen-bond donors (Lipinski definition) is 1. The highest BCUT2D eigenvalue weighted by Crippen LogP contribution is 2.21. The van der Waals surface area contributed by atoms with Crippen molar-refractivity contribution in [3.63, 3.8) is 0 Å². The number of rotatable bonds is 6. The van der Waals surface area contributed by atoms with Crippen molar-refractivity contribution in [2.45, 2.75) is 26.4 Å². The minimum absolute atomic E-state index is 0.0639. The molecule has 5 nitrogen and oxygen atoms in total. The van der Waals surface area contributed by atoms with E-state index in [1.165, 1.54) is 19.9 Å². The number of hydrogen-bond acceptors (Lipinski definition) is 4. The molecule has 0 bridgehead atoms. The topological polar surface area (TPSA) is 72.5 Å². The zero-order chi connectivity index (χ0) is 19.3. The van der Waals surface area contributed by atoms with Gasteiger partial charge in [-0.15, -0.1) is 0 Å². The number of Topliss-reactive ketones (excluding diaryl/α,β-unsaturated/α-hetero) is 1. The van der Waals surface area contributed by atoms with E-state index in [0.717, 1.165) is 0 Å². The number of amides is 1. The van der Waals surface area contributed by atoms with E-state index in [4.69, 9.17) is 27.9 Å². The third-order valence-electron chi connectivity index (χ3n) is 3.59. The molecular weight excluding hydrogens is 377 g/mol. The Morgan fingerprint density at radius 1 is 1.08 bits per heavy atom. The second-order valence-electron chi connectivity index (χ2n) is 5.67. The molecule has 0 unspecified atom stereocenters. The molecule has 136 valence electrons. The van der Waals surface area contributed by atoms with Crippen LogP contribution in [0.3, 0.4) is 0 Å². The Morgan fingerprint density at radius 3 is 2.31 bits per heavy atom. The molecular formula is C19H17Cl2NO4. The molecule has 26 heavy (non-hydrogen) atoms. The van der Waals surface area contributed by atoms with Crippen molar-refractivity contribution >= 4 is 46.5 Å². The maximum absolute atomic E-state index is 12.1. The number of carbonyl (C=O) groups is 3. The summed E-state index contributed by atoms with van der Waals surface area (Å²) in [6, 6.07) is 11.2. The van der Waals surface area contributed by atoms with Crippen molar-refractivity contribution in [1.29, 1.82) is 0 Å². The SMILES string of the molecule is CC(=O)c1ccc(NC(=O)[C@@H](C)OC(=O)Cc2ccc(Cl)cc2Cl)cc1. The van der Waals surface area contributed by atoms with Crippen LogP contribution in [0.15, 0.2) is 42.5 Å². The van der Waals surface area contributed by atoms with Crippen molar-refractivity contribution in [2.24, 2.45) is 0 Å². The van der Waals surface area contributed by atoms with Gasteiger partial charge >= 0.3 is 5.97 Å². The third kappa shape index (κ3) is 5.58. The van der Waals surface area contributed by atoms with Crippen molar-refractivity contribution in [3.05, 3.63) is 63.6 Å². The molecule has 1 amide bonds. The minimum atomic E-state index is -0.985. The van der Waals surface area contributed by atoms with Crippen LogP contribution in [0, 0.1) is 0 Å². The third-order valence-corrected chi connectivity index (χ3v) is 4.17. The summed E-state index contributed by atoms with van der Waals surface area (Å²) in [4.78, 5) is 35.4. The Kier molecular flexibility index (Phi) is 6.77. The Morgan fingerprint density at radius 2 is 1.73 bits per heavy atom. The maximum atomic E-state index is 12.1. The number of esters is 1. The van der Waals surface area contributed by atoms with Crippen LogP contribution in [-0.2, 0) is 20.7 Å². The number of carbonyl (C=O) groups excluding carboxylic acids is 3. The van der Waals surface area contributed by atoms with Gasteiger partial charge in [0.15, 0.2) is 11.9 Å². The summed E-state index contributed by atoms with van der Waals surface area (Å²) < 4.78 is 5.14. The Hall–Kier alpha value is -2.37. The highest BCUT2D eigenvalue weighted by atomic mass is 35.5. The van der Waals surface area contributed by atoms with Crippen LogP contribution in [0.2, 0.25) is 10.0 Å². The van der Waals surface area contributed by atoms with Gasteiger partial charge in [0.2, 0.25) is 0 Å². The van der Waals surface area contributed by atoms with Crippen molar-refractivity contribution in [3.8, 4) is 0 Å². The first kappa shape index (κ1) is 19.9. The molecule has 1 atom stereocenters. The van der Waals surface area contributed by atoms with Crippen molar-refractivity contribution < 1.29 is 19.1 Å². The predicted octanol–water partition coefficient (Wildman–Crippen LogP) is 4.31. The quantitative estimate of drug-likeness (QED) is 0.586. The zero-order valence-electron chi connectivity index (χ0n) is 14.2. The minimum Gasteiger partial charge on any atom is -0.452 e. The molecule has 0 aromatic heterocycles. The first-order chi connectivity index (χ1) is 12.3. The average Bonchev–Trinajstić information content (AvgIpc) is 2.57. The van der Waals surface area contributed by atoms with E-state index >= 15 is 0 Å². The highest BCUT2D eigenvalue weighted by Gasteiger charge is 2.19. The lowest BCUT2D eigenvalue weighted by molar-refractivity contribution is -0.152. The van der Waals surface area contributed by atoms with E-state index < -0.39 is 18.0 Å². The first-order valence-electron chi connectivity index (χ1n) is 7.81. The Bertz CT molecular complexity index is 834. The average molecular weight is 394 g/mol. The van der Waals surface area contributed by atoms with Gasteiger partial charge in [0, 0.05) is 21.3 Å². The monoisotopic (exact) mass is 393 g/mol. The molecule has 0 fully saturated rings. The van der Waals surface area contributed by atoms with Crippen LogP contribution in [-0.4, -0.2) is 23.8 Å². The molecule has 0 saturated heterocycles. The number of ketones is 1. The Labute approximate surface area is 161 Å². The van der Waals surface area contributed by atoms with E-state index in [9.17, 15) is 14.4 Å². The molecule has 0 radical (unpaired) electrons. The van der Waals surface area contributed by atoms with Gasteiger partial charge in [-0.3, -0.25) is 14.4 Å². The molecule has 0 aliphatic heterocycles. The summed E-state index contributed by atoms with van der Waals surface area (Å²) in [5.74, 6) is -1.12. The number of ether oxygens (including phenoxy) is 1. The fraction of sp³-hybridized carbons (Fsp3) is 0.211. The molecule has 7 heteroatoms. The molecule has 0 saturated carbocycles. The van der Waals surface area contributed by atoms with Crippen LogP contribution < -0.4 is 5.32 Å². The van der Waals surface area contributed by atoms with Gasteiger partial charge in [-0.25, -0.2) is 0 Å². The van der Waals surface area contributed by atoms with E-state index in [2.05, 4.69) is 5.32 Å². The number of anilines is 1. The molecule has 0 aliphatic carbocycles. The lowest BCUT2D eigenvalue weighted by Gasteiger charge is -2.14. The van der Waals surface area contributed by atoms with Crippen LogP contribution in [0.4, 0.5) is 5.69 Å². The summed E-state index contributed by atoms with van der Waals surface area (Å²) in [6.45, 7) is 2.93. The van der Waals surface area contributed by atoms with Gasteiger partial charge in [-0.05, 0) is 55.8 Å². The lowest BCUT2D eigenvalue weighted by atomic mass is 10.1. The Balaban J connectivity index is 1.91. The van der Waals surface area contributed by atoms with Crippen LogP contribution in [0.1, 0.15) is 29.8 Å².